The van der Waals surface area contributed by atoms with E-state index in [1.807, 2.05) is 40.6 Å². The molecule has 0 saturated carbocycles. The topological polar surface area (TPSA) is 91.7 Å². The van der Waals surface area contributed by atoms with E-state index in [4.69, 9.17) is 0 Å². The van der Waals surface area contributed by atoms with Crippen LogP contribution in [0.1, 0.15) is 36.0 Å². The molecule has 1 N–H and O–H groups in total. The third kappa shape index (κ3) is 3.86. The quantitative estimate of drug-likeness (QED) is 0.630. The summed E-state index contributed by atoms with van der Waals surface area (Å²) in [5.41, 5.74) is 2.60. The minimum Gasteiger partial charge on any atom is -0.328 e. The van der Waals surface area contributed by atoms with E-state index in [1.165, 1.54) is 17.4 Å². The fourth-order valence-corrected chi connectivity index (χ4v) is 5.86. The summed E-state index contributed by atoms with van der Waals surface area (Å²) >= 11 is 1.32. The molecule has 1 amide bonds. The second-order valence-electron chi connectivity index (χ2n) is 7.49. The van der Waals surface area contributed by atoms with E-state index < -0.39 is 15.9 Å². The Labute approximate surface area is 184 Å². The molecule has 0 spiro atoms. The summed E-state index contributed by atoms with van der Waals surface area (Å²) in [6.45, 7) is 0.730. The molecule has 5 rings (SSSR count). The molecule has 0 radical (unpaired) electrons. The van der Waals surface area contributed by atoms with Gasteiger partial charge in [-0.15, -0.1) is 15.7 Å². The Bertz CT molecular complexity index is 1280. The number of sulfonamides is 1. The molecule has 9 heteroatoms. The van der Waals surface area contributed by atoms with E-state index in [2.05, 4.69) is 14.7 Å². The second kappa shape index (κ2) is 7.90. The fourth-order valence-electron chi connectivity index (χ4n) is 3.86. The third-order valence-corrected chi connectivity index (χ3v) is 7.50. The van der Waals surface area contributed by atoms with Gasteiger partial charge in [0, 0.05) is 29.5 Å². The highest BCUT2D eigenvalue weighted by Gasteiger charge is 2.32. The predicted molar refractivity (Wildman–Crippen MR) is 122 cm³/mol. The molecular weight excluding hydrogens is 432 g/mol. The molecule has 1 fully saturated rings. The summed E-state index contributed by atoms with van der Waals surface area (Å²) in [5.74, 6) is 0.191. The van der Waals surface area contributed by atoms with Crippen LogP contribution in [0.25, 0.3) is 11.3 Å². The Hall–Kier alpha value is -3.04. The number of hydrogen-bond acceptors (Lipinski definition) is 6. The molecule has 0 atom stereocenters. The minimum atomic E-state index is -3.84. The number of fused-ring (bicyclic) bond motifs is 3. The molecule has 2 aromatic carbocycles. The monoisotopic (exact) mass is 452 g/mol. The summed E-state index contributed by atoms with van der Waals surface area (Å²) in [6.07, 6.45) is 3.60. The third-order valence-electron chi connectivity index (χ3n) is 5.40. The number of carbonyl (C=O) groups excluding carboxylic acids is 1. The number of carbonyl (C=O) groups is 1. The van der Waals surface area contributed by atoms with Crippen molar-refractivity contribution in [1.82, 2.24) is 4.98 Å². The summed E-state index contributed by atoms with van der Waals surface area (Å²) < 4.78 is 29.6. The predicted octanol–water partition coefficient (Wildman–Crippen LogP) is 4.54. The highest BCUT2D eigenvalue weighted by molar-refractivity contribution is 7.90. The molecule has 1 aromatic heterocycles. The SMILES string of the molecule is O=C(Nc1nc(-c2ccccc2)cs1)c1ccc2c(c1)S(=O)(=O)N=C1CCCCCN12. The first-order chi connectivity index (χ1) is 15.0. The van der Waals surface area contributed by atoms with Crippen molar-refractivity contribution < 1.29 is 13.2 Å². The first-order valence-electron chi connectivity index (χ1n) is 10.1. The molecule has 1 saturated heterocycles. The van der Waals surface area contributed by atoms with Gasteiger partial charge in [-0.25, -0.2) is 4.98 Å². The van der Waals surface area contributed by atoms with Gasteiger partial charge in [0.2, 0.25) is 0 Å². The summed E-state index contributed by atoms with van der Waals surface area (Å²) in [4.78, 5) is 19.3. The van der Waals surface area contributed by atoms with E-state index in [-0.39, 0.29) is 10.5 Å². The fraction of sp³-hybridized carbons (Fsp3) is 0.227. The van der Waals surface area contributed by atoms with Crippen LogP contribution < -0.4 is 10.2 Å². The number of hydrogen-bond donors (Lipinski definition) is 1. The molecule has 2 aliphatic rings. The molecule has 158 valence electrons. The van der Waals surface area contributed by atoms with Gasteiger partial charge in [-0.05, 0) is 31.0 Å². The standard InChI is InChI=1S/C22H20N4O3S2/c27-21(24-22-23-17(14-30-22)15-7-3-1-4-8-15)16-10-11-18-19(13-16)31(28,29)25-20-9-5-2-6-12-26(18)20/h1,3-4,7-8,10-11,13-14H,2,5-6,9,12H2,(H,23,24,27). The average Bonchev–Trinajstić information content (AvgIpc) is 3.11. The lowest BCUT2D eigenvalue weighted by Gasteiger charge is -2.29. The Morgan fingerprint density at radius 3 is 2.74 bits per heavy atom. The van der Waals surface area contributed by atoms with Crippen molar-refractivity contribution in [2.45, 2.75) is 30.6 Å². The van der Waals surface area contributed by atoms with Gasteiger partial charge in [-0.3, -0.25) is 10.1 Å². The number of nitrogens with one attached hydrogen (secondary N) is 1. The van der Waals surface area contributed by atoms with Crippen LogP contribution in [-0.4, -0.2) is 31.7 Å². The molecule has 0 unspecified atom stereocenters. The van der Waals surface area contributed by atoms with Gasteiger partial charge in [0.25, 0.3) is 15.9 Å². The smallest absolute Gasteiger partial charge is 0.286 e. The first kappa shape index (κ1) is 19.9. The number of thiazole rings is 1. The van der Waals surface area contributed by atoms with E-state index in [1.54, 1.807) is 12.1 Å². The number of aromatic nitrogens is 1. The van der Waals surface area contributed by atoms with Gasteiger partial charge >= 0.3 is 0 Å². The molecule has 3 heterocycles. The molecule has 2 aliphatic heterocycles. The van der Waals surface area contributed by atoms with E-state index in [9.17, 15) is 13.2 Å². The van der Waals surface area contributed by atoms with Crippen molar-refractivity contribution in [1.29, 1.82) is 0 Å². The van der Waals surface area contributed by atoms with Crippen LogP contribution in [0.2, 0.25) is 0 Å². The summed E-state index contributed by atoms with van der Waals surface area (Å²) in [6, 6.07) is 14.5. The van der Waals surface area contributed by atoms with Gasteiger partial charge < -0.3 is 4.90 Å². The number of anilines is 2. The molecule has 7 nitrogen and oxygen atoms in total. The average molecular weight is 453 g/mol. The van der Waals surface area contributed by atoms with Crippen LogP contribution in [0.5, 0.6) is 0 Å². The number of amides is 1. The van der Waals surface area contributed by atoms with E-state index in [0.717, 1.165) is 37.1 Å². The lowest BCUT2D eigenvalue weighted by atomic mass is 10.1. The Balaban J connectivity index is 1.42. The highest BCUT2D eigenvalue weighted by Crippen LogP contribution is 2.35. The zero-order valence-electron chi connectivity index (χ0n) is 16.6. The van der Waals surface area contributed by atoms with Crippen LogP contribution in [0.3, 0.4) is 0 Å². The first-order valence-corrected chi connectivity index (χ1v) is 12.4. The molecule has 31 heavy (non-hydrogen) atoms. The Morgan fingerprint density at radius 1 is 1.06 bits per heavy atom. The van der Waals surface area contributed by atoms with Gasteiger partial charge in [0.15, 0.2) is 5.13 Å². The lowest BCUT2D eigenvalue weighted by molar-refractivity contribution is 0.102. The van der Waals surface area contributed by atoms with E-state index >= 15 is 0 Å². The van der Waals surface area contributed by atoms with Crippen molar-refractivity contribution >= 4 is 43.9 Å². The van der Waals surface area contributed by atoms with Gasteiger partial charge in [0.1, 0.15) is 10.7 Å². The maximum Gasteiger partial charge on any atom is 0.286 e. The minimum absolute atomic E-state index is 0.0786. The number of nitrogens with zero attached hydrogens (tertiary/aromatic N) is 3. The number of rotatable bonds is 3. The number of benzene rings is 2. The normalized spacial score (nSPS) is 17.2. The lowest BCUT2D eigenvalue weighted by Crippen LogP contribution is -2.35. The molecule has 0 aliphatic carbocycles. The van der Waals surface area contributed by atoms with Gasteiger partial charge in [-0.1, -0.05) is 36.8 Å². The highest BCUT2D eigenvalue weighted by atomic mass is 32.2. The second-order valence-corrected chi connectivity index (χ2v) is 9.92. The summed E-state index contributed by atoms with van der Waals surface area (Å²) in [5, 5.41) is 5.10. The maximum atomic E-state index is 12.8. The van der Waals surface area contributed by atoms with Crippen LogP contribution >= 0.6 is 11.3 Å². The van der Waals surface area contributed by atoms with Crippen molar-refractivity contribution in [2.75, 3.05) is 16.8 Å². The zero-order chi connectivity index (χ0) is 21.4. The van der Waals surface area contributed by atoms with Crippen LogP contribution in [0, 0.1) is 0 Å². The molecule has 3 aromatic rings. The van der Waals surface area contributed by atoms with Crippen molar-refractivity contribution in [3.63, 3.8) is 0 Å². The van der Waals surface area contributed by atoms with Gasteiger partial charge in [-0.2, -0.15) is 8.42 Å². The number of amidine groups is 1. The summed E-state index contributed by atoms with van der Waals surface area (Å²) in [7, 11) is -3.84. The van der Waals surface area contributed by atoms with Crippen LogP contribution in [-0.2, 0) is 10.0 Å². The molecular formula is C22H20N4O3S2. The van der Waals surface area contributed by atoms with Crippen molar-refractivity contribution in [3.8, 4) is 11.3 Å². The largest absolute Gasteiger partial charge is 0.328 e. The Morgan fingerprint density at radius 2 is 1.90 bits per heavy atom. The van der Waals surface area contributed by atoms with E-state index in [0.29, 0.717) is 23.1 Å². The van der Waals surface area contributed by atoms with Crippen LogP contribution in [0.4, 0.5) is 10.8 Å². The van der Waals surface area contributed by atoms with Crippen molar-refractivity contribution in [2.24, 2.45) is 4.40 Å². The van der Waals surface area contributed by atoms with Crippen molar-refractivity contribution in [3.05, 3.63) is 59.5 Å². The maximum absolute atomic E-state index is 12.8. The van der Waals surface area contributed by atoms with Crippen LogP contribution in [0.15, 0.2) is 63.2 Å². The molecule has 0 bridgehead atoms. The zero-order valence-corrected chi connectivity index (χ0v) is 18.2. The Kier molecular flexibility index (Phi) is 5.07. The van der Waals surface area contributed by atoms with Gasteiger partial charge in [0.05, 0.1) is 11.4 Å².